The van der Waals surface area contributed by atoms with Crippen molar-refractivity contribution in [3.8, 4) is 83.6 Å². The van der Waals surface area contributed by atoms with Crippen LogP contribution in [0.2, 0.25) is 0 Å². The van der Waals surface area contributed by atoms with Crippen LogP contribution in [0.25, 0.3) is 94.6 Å². The van der Waals surface area contributed by atoms with Crippen LogP contribution in [0.1, 0.15) is 12.5 Å². The van der Waals surface area contributed by atoms with Crippen molar-refractivity contribution in [1.82, 2.24) is 15.0 Å². The number of hydrogen-bond acceptors (Lipinski definition) is 2. The normalized spacial score (nSPS) is 11.2. The molecule has 59 heavy (non-hydrogen) atoms. The predicted molar refractivity (Wildman–Crippen MR) is 246 cm³/mol. The molecule has 0 spiro atoms. The molecule has 0 aliphatic carbocycles. The molecule has 0 radical (unpaired) electrons. The summed E-state index contributed by atoms with van der Waals surface area (Å²) in [6.45, 7) is 2.19. The highest BCUT2D eigenvalue weighted by Gasteiger charge is 2.18. The maximum absolute atomic E-state index is 5.26. The first-order chi connectivity index (χ1) is 29.1. The third-order valence-electron chi connectivity index (χ3n) is 11.2. The summed E-state index contributed by atoms with van der Waals surface area (Å²) in [4.78, 5) is 1.79. The van der Waals surface area contributed by atoms with Crippen molar-refractivity contribution in [1.29, 1.82) is 0 Å². The molecule has 280 valence electrons. The van der Waals surface area contributed by atoms with Gasteiger partial charge < -0.3 is 0 Å². The quantitative estimate of drug-likeness (QED) is 0.147. The molecule has 0 saturated carbocycles. The molecule has 0 fully saturated rings. The molecule has 1 heterocycles. The average Bonchev–Trinajstić information content (AvgIpc) is 3.77. The summed E-state index contributed by atoms with van der Waals surface area (Å²) < 4.78 is 0. The van der Waals surface area contributed by atoms with E-state index >= 15 is 0 Å². The Kier molecular flexibility index (Phi) is 9.54. The van der Waals surface area contributed by atoms with E-state index < -0.39 is 0 Å². The lowest BCUT2D eigenvalue weighted by atomic mass is 9.90. The van der Waals surface area contributed by atoms with Crippen molar-refractivity contribution < 1.29 is 0 Å². The van der Waals surface area contributed by atoms with E-state index in [1.54, 1.807) is 4.80 Å². The topological polar surface area (TPSA) is 30.7 Å². The van der Waals surface area contributed by atoms with Crippen LogP contribution < -0.4 is 0 Å². The van der Waals surface area contributed by atoms with E-state index in [2.05, 4.69) is 225 Å². The van der Waals surface area contributed by atoms with Crippen molar-refractivity contribution in [3.05, 3.63) is 224 Å². The molecular formula is C56H41N3. The number of benzene rings is 9. The van der Waals surface area contributed by atoms with Crippen LogP contribution in [0, 0.1) is 0 Å². The summed E-state index contributed by atoms with van der Waals surface area (Å²) in [6, 6.07) is 78.2. The van der Waals surface area contributed by atoms with Gasteiger partial charge >= 0.3 is 0 Å². The first-order valence-corrected chi connectivity index (χ1v) is 20.3. The van der Waals surface area contributed by atoms with Gasteiger partial charge in [0.1, 0.15) is 11.0 Å². The van der Waals surface area contributed by atoms with Crippen molar-refractivity contribution in [2.45, 2.75) is 13.3 Å². The van der Waals surface area contributed by atoms with E-state index in [-0.39, 0.29) is 0 Å². The molecule has 10 rings (SSSR count). The fraction of sp³-hybridized carbons (Fsp3) is 0.0357. The van der Waals surface area contributed by atoms with Gasteiger partial charge in [-0.3, -0.25) is 0 Å². The molecule has 0 N–H and O–H groups in total. The number of aryl methyl sites for hydroxylation is 1. The van der Waals surface area contributed by atoms with Crippen LogP contribution >= 0.6 is 0 Å². The van der Waals surface area contributed by atoms with Crippen molar-refractivity contribution in [2.24, 2.45) is 0 Å². The van der Waals surface area contributed by atoms with Crippen LogP contribution in [-0.4, -0.2) is 15.0 Å². The number of aromatic nitrogens is 3. The first kappa shape index (κ1) is 35.8. The Bertz CT molecular complexity index is 2910. The molecular weight excluding hydrogens is 715 g/mol. The van der Waals surface area contributed by atoms with Crippen molar-refractivity contribution in [3.63, 3.8) is 0 Å². The molecule has 0 saturated heterocycles. The van der Waals surface area contributed by atoms with Gasteiger partial charge in [-0.05, 0) is 145 Å². The number of nitrogens with zero attached hydrogens (tertiary/aromatic N) is 3. The molecule has 3 heteroatoms. The molecule has 1 aromatic heterocycles. The van der Waals surface area contributed by atoms with E-state index in [1.165, 1.54) is 22.3 Å². The van der Waals surface area contributed by atoms with E-state index in [9.17, 15) is 0 Å². The van der Waals surface area contributed by atoms with Crippen LogP contribution in [0.4, 0.5) is 0 Å². The fourth-order valence-corrected chi connectivity index (χ4v) is 8.01. The Balaban J connectivity index is 1.18. The minimum atomic E-state index is 0.828. The van der Waals surface area contributed by atoms with E-state index in [0.717, 1.165) is 84.3 Å². The summed E-state index contributed by atoms with van der Waals surface area (Å²) in [5, 5.41) is 10.5. The minimum absolute atomic E-state index is 0.828. The third-order valence-corrected chi connectivity index (χ3v) is 11.2. The van der Waals surface area contributed by atoms with Gasteiger partial charge in [0.25, 0.3) is 0 Å². The lowest BCUT2D eigenvalue weighted by Gasteiger charge is -2.14. The number of fused-ring (bicyclic) bond motifs is 1. The zero-order valence-corrected chi connectivity index (χ0v) is 32.8. The zero-order valence-electron chi connectivity index (χ0n) is 32.8. The fourth-order valence-electron chi connectivity index (χ4n) is 8.01. The first-order valence-electron chi connectivity index (χ1n) is 20.3. The molecule has 0 aliphatic rings. The molecule has 0 amide bonds. The standard InChI is InChI=1S/C56H41N3/c1-2-39-23-25-44(26-24-39)45-27-29-53(30-28-45)59-57-55-38-51(50-33-46(40-15-7-3-8-16-40)31-47(34-50)41-17-9-4-10-18-41)37-54(56(55)58-59)52-35-48(42-19-11-5-12-20-42)32-49(36-52)43-21-13-6-14-22-43/h3-38H,2H2,1H3. The molecule has 0 atom stereocenters. The average molecular weight is 756 g/mol. The van der Waals surface area contributed by atoms with Gasteiger partial charge in [0.2, 0.25) is 0 Å². The Hall–Kier alpha value is -7.62. The smallest absolute Gasteiger partial charge is 0.121 e. The Morgan fingerprint density at radius 1 is 0.322 bits per heavy atom. The van der Waals surface area contributed by atoms with Gasteiger partial charge in [-0.25, -0.2) is 0 Å². The molecule has 9 aromatic carbocycles. The molecule has 3 nitrogen and oxygen atoms in total. The van der Waals surface area contributed by atoms with Crippen LogP contribution in [-0.2, 0) is 6.42 Å². The lowest BCUT2D eigenvalue weighted by Crippen LogP contribution is -1.98. The van der Waals surface area contributed by atoms with Crippen LogP contribution in [0.15, 0.2) is 218 Å². The molecule has 0 bridgehead atoms. The van der Waals surface area contributed by atoms with E-state index in [4.69, 9.17) is 10.2 Å². The second-order valence-electron chi connectivity index (χ2n) is 15.0. The van der Waals surface area contributed by atoms with Crippen LogP contribution in [0.5, 0.6) is 0 Å². The van der Waals surface area contributed by atoms with Crippen molar-refractivity contribution in [2.75, 3.05) is 0 Å². The summed E-state index contributed by atoms with van der Waals surface area (Å²) in [5.74, 6) is 0. The molecule has 10 aromatic rings. The number of hydrogen-bond donors (Lipinski definition) is 0. The van der Waals surface area contributed by atoms with Gasteiger partial charge in [-0.2, -0.15) is 4.80 Å². The van der Waals surface area contributed by atoms with Crippen LogP contribution in [0.3, 0.4) is 0 Å². The van der Waals surface area contributed by atoms with E-state index in [0.29, 0.717) is 0 Å². The SMILES string of the molecule is CCc1ccc(-c2ccc(-n3nc4cc(-c5cc(-c6ccccc6)cc(-c6ccccc6)c5)cc(-c5cc(-c6ccccc6)cc(-c6ccccc6)c5)c4n3)cc2)cc1. The predicted octanol–water partition coefficient (Wildman–Crippen LogP) is 14.7. The highest BCUT2D eigenvalue weighted by Crippen LogP contribution is 2.40. The molecule has 0 aliphatic heterocycles. The summed E-state index contributed by atoms with van der Waals surface area (Å²) in [6.07, 6.45) is 1.03. The Morgan fingerprint density at radius 3 is 1.10 bits per heavy atom. The summed E-state index contributed by atoms with van der Waals surface area (Å²) >= 11 is 0. The van der Waals surface area contributed by atoms with Gasteiger partial charge in [0.15, 0.2) is 0 Å². The van der Waals surface area contributed by atoms with Gasteiger partial charge in [-0.1, -0.05) is 165 Å². The Morgan fingerprint density at radius 2 is 0.678 bits per heavy atom. The summed E-state index contributed by atoms with van der Waals surface area (Å²) in [7, 11) is 0. The summed E-state index contributed by atoms with van der Waals surface area (Å²) in [5.41, 5.74) is 19.9. The highest BCUT2D eigenvalue weighted by molar-refractivity contribution is 5.98. The monoisotopic (exact) mass is 755 g/mol. The Labute approximate surface area is 345 Å². The van der Waals surface area contributed by atoms with Crippen molar-refractivity contribution >= 4 is 11.0 Å². The largest absolute Gasteiger partial charge is 0.150 e. The zero-order chi connectivity index (χ0) is 39.5. The van der Waals surface area contributed by atoms with Gasteiger partial charge in [0.05, 0.1) is 5.69 Å². The second-order valence-corrected chi connectivity index (χ2v) is 15.0. The number of rotatable bonds is 9. The third kappa shape index (κ3) is 7.38. The lowest BCUT2D eigenvalue weighted by molar-refractivity contribution is 0.766. The maximum Gasteiger partial charge on any atom is 0.121 e. The highest BCUT2D eigenvalue weighted by atomic mass is 15.5. The molecule has 0 unspecified atom stereocenters. The minimum Gasteiger partial charge on any atom is -0.150 e. The second kappa shape index (κ2) is 15.7. The van der Waals surface area contributed by atoms with Gasteiger partial charge in [0, 0.05) is 5.56 Å². The van der Waals surface area contributed by atoms with Gasteiger partial charge in [-0.15, -0.1) is 10.2 Å². The van der Waals surface area contributed by atoms with E-state index in [1.807, 2.05) is 0 Å². The maximum atomic E-state index is 5.26.